The van der Waals surface area contributed by atoms with Crippen molar-refractivity contribution in [3.05, 3.63) is 0 Å². The predicted octanol–water partition coefficient (Wildman–Crippen LogP) is 0.127. The molecule has 1 aliphatic rings. The van der Waals surface area contributed by atoms with Crippen molar-refractivity contribution in [2.75, 3.05) is 18.6 Å². The topological polar surface area (TPSA) is 66.5 Å². The molecule has 0 aliphatic carbocycles. The normalized spacial score (nSPS) is 25.6. The summed E-state index contributed by atoms with van der Waals surface area (Å²) in [7, 11) is -0.973. The molecule has 1 fully saturated rings. The molecule has 4 unspecified atom stereocenters. The number of nitrogens with zero attached hydrogens (tertiary/aromatic N) is 1. The van der Waals surface area contributed by atoms with Crippen molar-refractivity contribution >= 4 is 22.6 Å². The lowest BCUT2D eigenvalue weighted by Crippen LogP contribution is -2.62. The predicted molar refractivity (Wildman–Crippen MR) is 71.5 cm³/mol. The van der Waals surface area contributed by atoms with Crippen molar-refractivity contribution in [2.45, 2.75) is 39.3 Å². The minimum Gasteiger partial charge on any atom is -0.342 e. The number of carbonyl (C=O) groups is 2. The molecular formula is C12H22N2O3S. The quantitative estimate of drug-likeness (QED) is 0.775. The molecule has 0 aromatic heterocycles. The third kappa shape index (κ3) is 3.54. The van der Waals surface area contributed by atoms with Gasteiger partial charge < -0.3 is 10.2 Å². The minimum absolute atomic E-state index is 0.0538. The molecule has 0 radical (unpaired) electrons. The Labute approximate surface area is 111 Å². The summed E-state index contributed by atoms with van der Waals surface area (Å²) in [6.45, 7) is 5.86. The fourth-order valence-corrected chi connectivity index (χ4v) is 2.98. The van der Waals surface area contributed by atoms with Crippen LogP contribution < -0.4 is 5.32 Å². The minimum atomic E-state index is -0.973. The first-order valence-corrected chi connectivity index (χ1v) is 7.99. The highest BCUT2D eigenvalue weighted by Crippen LogP contribution is 2.16. The number of rotatable bonds is 5. The Morgan fingerprint density at radius 2 is 2.06 bits per heavy atom. The van der Waals surface area contributed by atoms with Gasteiger partial charge in [-0.05, 0) is 12.8 Å². The van der Waals surface area contributed by atoms with Gasteiger partial charge in [0.05, 0.1) is 6.54 Å². The summed E-state index contributed by atoms with van der Waals surface area (Å²) in [5.41, 5.74) is 0. The molecule has 1 saturated heterocycles. The van der Waals surface area contributed by atoms with Gasteiger partial charge in [0.1, 0.15) is 6.04 Å². The van der Waals surface area contributed by atoms with Gasteiger partial charge in [0.2, 0.25) is 11.8 Å². The first-order chi connectivity index (χ1) is 8.36. The molecule has 0 bridgehead atoms. The average molecular weight is 274 g/mol. The summed E-state index contributed by atoms with van der Waals surface area (Å²) in [5.74, 6) is 0.339. The van der Waals surface area contributed by atoms with E-state index in [0.29, 0.717) is 5.75 Å². The summed E-state index contributed by atoms with van der Waals surface area (Å²) in [6, 6.07) is -0.607. The lowest BCUT2D eigenvalue weighted by Gasteiger charge is -2.38. The Morgan fingerprint density at radius 1 is 1.44 bits per heavy atom. The van der Waals surface area contributed by atoms with Crippen LogP contribution in [0.1, 0.15) is 27.2 Å². The number of amides is 2. The number of piperazine rings is 1. The molecule has 0 aromatic rings. The third-order valence-corrected chi connectivity index (χ3v) is 4.35. The first-order valence-electron chi connectivity index (χ1n) is 6.26. The molecule has 6 heteroatoms. The number of hydrogen-bond acceptors (Lipinski definition) is 3. The maximum absolute atomic E-state index is 12.3. The van der Waals surface area contributed by atoms with Crippen LogP contribution in [0.5, 0.6) is 0 Å². The molecule has 1 rings (SSSR count). The standard InChI is InChI=1S/C12H22N2O3S/c1-5-8(2)11-12(16)14(6-10(15)13-11)9(3)7-18(4)17/h8-9,11H,5-7H2,1-4H3,(H,13,15). The second-order valence-corrected chi connectivity index (χ2v) is 6.47. The monoisotopic (exact) mass is 274 g/mol. The number of hydrogen-bond donors (Lipinski definition) is 1. The Hall–Kier alpha value is -0.910. The maximum atomic E-state index is 12.3. The summed E-state index contributed by atoms with van der Waals surface area (Å²) < 4.78 is 11.2. The smallest absolute Gasteiger partial charge is 0.246 e. The van der Waals surface area contributed by atoms with Crippen LogP contribution >= 0.6 is 0 Å². The summed E-state index contributed by atoms with van der Waals surface area (Å²) >= 11 is 0. The van der Waals surface area contributed by atoms with E-state index in [1.165, 1.54) is 0 Å². The fraction of sp³-hybridized carbons (Fsp3) is 0.833. The van der Waals surface area contributed by atoms with Gasteiger partial charge in [0.15, 0.2) is 0 Å². The Morgan fingerprint density at radius 3 is 2.56 bits per heavy atom. The molecule has 0 aromatic carbocycles. The molecule has 1 heterocycles. The van der Waals surface area contributed by atoms with E-state index >= 15 is 0 Å². The molecular weight excluding hydrogens is 252 g/mol. The van der Waals surface area contributed by atoms with E-state index < -0.39 is 16.8 Å². The Kier molecular flexibility index (Phi) is 5.31. The zero-order valence-electron chi connectivity index (χ0n) is 11.4. The van der Waals surface area contributed by atoms with Crippen molar-refractivity contribution in [2.24, 2.45) is 5.92 Å². The number of carbonyl (C=O) groups excluding carboxylic acids is 2. The van der Waals surface area contributed by atoms with E-state index in [4.69, 9.17) is 0 Å². The molecule has 104 valence electrons. The van der Waals surface area contributed by atoms with E-state index in [2.05, 4.69) is 5.32 Å². The SMILES string of the molecule is CCC(C)C1NC(=O)CN(C(C)CS(C)=O)C1=O. The van der Waals surface area contributed by atoms with Gasteiger partial charge in [-0.3, -0.25) is 13.8 Å². The van der Waals surface area contributed by atoms with Gasteiger partial charge in [-0.15, -0.1) is 0 Å². The van der Waals surface area contributed by atoms with Gasteiger partial charge in [0.25, 0.3) is 0 Å². The summed E-state index contributed by atoms with van der Waals surface area (Å²) in [5, 5.41) is 2.75. The highest BCUT2D eigenvalue weighted by Gasteiger charge is 2.37. The highest BCUT2D eigenvalue weighted by atomic mass is 32.2. The molecule has 18 heavy (non-hydrogen) atoms. The molecule has 1 N–H and O–H groups in total. The highest BCUT2D eigenvalue weighted by molar-refractivity contribution is 7.84. The van der Waals surface area contributed by atoms with E-state index in [9.17, 15) is 13.8 Å². The zero-order chi connectivity index (χ0) is 13.9. The van der Waals surface area contributed by atoms with E-state index in [0.717, 1.165) is 6.42 Å². The van der Waals surface area contributed by atoms with Crippen molar-refractivity contribution in [3.63, 3.8) is 0 Å². The van der Waals surface area contributed by atoms with Crippen LogP contribution in [0.2, 0.25) is 0 Å². The van der Waals surface area contributed by atoms with Crippen LogP contribution in [0.4, 0.5) is 0 Å². The summed E-state index contributed by atoms with van der Waals surface area (Å²) in [6.07, 6.45) is 2.44. The first kappa shape index (κ1) is 15.1. The third-order valence-electron chi connectivity index (χ3n) is 3.40. The van der Waals surface area contributed by atoms with Gasteiger partial charge in [-0.2, -0.15) is 0 Å². The fourth-order valence-electron chi connectivity index (χ4n) is 2.12. The van der Waals surface area contributed by atoms with Crippen LogP contribution in [0.25, 0.3) is 0 Å². The van der Waals surface area contributed by atoms with E-state index in [-0.39, 0.29) is 30.3 Å². The van der Waals surface area contributed by atoms with Crippen LogP contribution in [-0.2, 0) is 20.4 Å². The van der Waals surface area contributed by atoms with Crippen LogP contribution in [0.3, 0.4) is 0 Å². The molecule has 2 amide bonds. The lowest BCUT2D eigenvalue weighted by atomic mass is 9.95. The van der Waals surface area contributed by atoms with E-state index in [1.54, 1.807) is 11.2 Å². The van der Waals surface area contributed by atoms with Gasteiger partial charge in [-0.25, -0.2) is 0 Å². The van der Waals surface area contributed by atoms with Gasteiger partial charge >= 0.3 is 0 Å². The number of nitrogens with one attached hydrogen (secondary N) is 1. The zero-order valence-corrected chi connectivity index (χ0v) is 12.3. The van der Waals surface area contributed by atoms with Crippen LogP contribution in [0.15, 0.2) is 0 Å². The second kappa shape index (κ2) is 6.31. The van der Waals surface area contributed by atoms with Gasteiger partial charge in [-0.1, -0.05) is 20.3 Å². The Balaban J connectivity index is 2.82. The van der Waals surface area contributed by atoms with Crippen LogP contribution in [-0.4, -0.2) is 51.6 Å². The lowest BCUT2D eigenvalue weighted by molar-refractivity contribution is -0.147. The second-order valence-electron chi connectivity index (χ2n) is 4.99. The van der Waals surface area contributed by atoms with Crippen LogP contribution in [0, 0.1) is 5.92 Å². The molecule has 4 atom stereocenters. The largest absolute Gasteiger partial charge is 0.342 e. The maximum Gasteiger partial charge on any atom is 0.246 e. The molecule has 1 aliphatic heterocycles. The molecule has 5 nitrogen and oxygen atoms in total. The Bertz CT molecular complexity index is 359. The molecule has 0 spiro atoms. The summed E-state index contributed by atoms with van der Waals surface area (Å²) in [4.78, 5) is 25.5. The van der Waals surface area contributed by atoms with Crippen molar-refractivity contribution in [1.82, 2.24) is 10.2 Å². The van der Waals surface area contributed by atoms with E-state index in [1.807, 2.05) is 20.8 Å². The van der Waals surface area contributed by atoms with Crippen molar-refractivity contribution in [1.29, 1.82) is 0 Å². The molecule has 0 saturated carbocycles. The van der Waals surface area contributed by atoms with Crippen molar-refractivity contribution in [3.8, 4) is 0 Å². The van der Waals surface area contributed by atoms with Gasteiger partial charge in [0, 0.05) is 28.9 Å². The average Bonchev–Trinajstić information content (AvgIpc) is 2.29. The van der Waals surface area contributed by atoms with Crippen molar-refractivity contribution < 1.29 is 13.8 Å².